The third-order valence-corrected chi connectivity index (χ3v) is 5.79. The summed E-state index contributed by atoms with van der Waals surface area (Å²) in [5.41, 5.74) is 3.63. The summed E-state index contributed by atoms with van der Waals surface area (Å²) in [5, 5.41) is 7.60. The summed E-state index contributed by atoms with van der Waals surface area (Å²) in [4.78, 5) is 16.6. The van der Waals surface area contributed by atoms with Gasteiger partial charge in [0.15, 0.2) is 0 Å². The van der Waals surface area contributed by atoms with Gasteiger partial charge in [0.05, 0.1) is 11.7 Å². The fourth-order valence-electron chi connectivity index (χ4n) is 4.26. The van der Waals surface area contributed by atoms with Crippen LogP contribution >= 0.6 is 0 Å². The molecule has 3 heterocycles. The van der Waals surface area contributed by atoms with Gasteiger partial charge in [0, 0.05) is 38.4 Å². The minimum Gasteiger partial charge on any atom is -0.337 e. The number of hydrogen-bond acceptors (Lipinski definition) is 3. The second kappa shape index (κ2) is 7.72. The molecular formula is C21H29N5O. The molecule has 6 heteroatoms. The van der Waals surface area contributed by atoms with Crippen LogP contribution in [0.25, 0.3) is 0 Å². The zero-order valence-electron chi connectivity index (χ0n) is 16.3. The predicted octanol–water partition coefficient (Wildman–Crippen LogP) is 2.56. The van der Waals surface area contributed by atoms with Crippen molar-refractivity contribution in [2.45, 2.75) is 32.2 Å². The van der Waals surface area contributed by atoms with Crippen LogP contribution in [-0.2, 0) is 0 Å². The molecule has 1 atom stereocenters. The van der Waals surface area contributed by atoms with Crippen molar-refractivity contribution in [3.05, 3.63) is 53.3 Å². The lowest BCUT2D eigenvalue weighted by Gasteiger charge is -2.39. The van der Waals surface area contributed by atoms with Gasteiger partial charge in [-0.3, -0.25) is 4.68 Å². The van der Waals surface area contributed by atoms with Gasteiger partial charge < -0.3 is 15.1 Å². The normalized spacial score (nSPS) is 20.7. The molecule has 1 aromatic carbocycles. The summed E-state index contributed by atoms with van der Waals surface area (Å²) < 4.78 is 2.05. The smallest absolute Gasteiger partial charge is 0.317 e. The molecule has 4 rings (SSSR count). The van der Waals surface area contributed by atoms with E-state index in [9.17, 15) is 4.79 Å². The Morgan fingerprint density at radius 1 is 1.19 bits per heavy atom. The Morgan fingerprint density at radius 3 is 2.67 bits per heavy atom. The molecule has 27 heavy (non-hydrogen) atoms. The highest BCUT2D eigenvalue weighted by molar-refractivity contribution is 5.75. The number of nitrogens with one attached hydrogen (secondary N) is 1. The van der Waals surface area contributed by atoms with E-state index in [1.54, 1.807) is 0 Å². The van der Waals surface area contributed by atoms with Crippen LogP contribution in [0.4, 0.5) is 4.79 Å². The van der Waals surface area contributed by atoms with Crippen LogP contribution in [0.3, 0.4) is 0 Å². The van der Waals surface area contributed by atoms with Gasteiger partial charge in [0.1, 0.15) is 0 Å². The molecule has 2 saturated heterocycles. The van der Waals surface area contributed by atoms with Gasteiger partial charge in [-0.05, 0) is 44.4 Å². The SMILES string of the molecule is Cc1cc(C)n(C2CN(C(=O)NCCN3CC[C@H](c4ccccc4)C3)C2)n1. The first-order chi connectivity index (χ1) is 13.1. The largest absolute Gasteiger partial charge is 0.337 e. The summed E-state index contributed by atoms with van der Waals surface area (Å²) in [6.45, 7) is 9.39. The van der Waals surface area contributed by atoms with E-state index < -0.39 is 0 Å². The topological polar surface area (TPSA) is 53.4 Å². The van der Waals surface area contributed by atoms with Crippen molar-refractivity contribution in [1.29, 1.82) is 0 Å². The maximum atomic E-state index is 12.3. The molecule has 2 aliphatic heterocycles. The van der Waals surface area contributed by atoms with Crippen LogP contribution in [0, 0.1) is 13.8 Å². The van der Waals surface area contributed by atoms with Crippen molar-refractivity contribution >= 4 is 6.03 Å². The average molecular weight is 367 g/mol. The molecule has 0 spiro atoms. The molecule has 0 bridgehead atoms. The molecule has 0 radical (unpaired) electrons. The Kier molecular flexibility index (Phi) is 5.16. The van der Waals surface area contributed by atoms with Crippen LogP contribution in [-0.4, -0.2) is 64.9 Å². The first-order valence-corrected chi connectivity index (χ1v) is 9.93. The lowest BCUT2D eigenvalue weighted by molar-refractivity contribution is 0.116. The van der Waals surface area contributed by atoms with Gasteiger partial charge in [-0.2, -0.15) is 5.10 Å². The highest BCUT2D eigenvalue weighted by Gasteiger charge is 2.33. The Labute approximate surface area is 161 Å². The van der Waals surface area contributed by atoms with Gasteiger partial charge in [-0.1, -0.05) is 30.3 Å². The highest BCUT2D eigenvalue weighted by Crippen LogP contribution is 2.26. The standard InChI is InChI=1S/C21H29N5O/c1-16-12-17(2)26(23-16)20-14-25(15-20)21(27)22-9-11-24-10-8-19(13-24)18-6-4-3-5-7-18/h3-7,12,19-20H,8-11,13-15H2,1-2H3,(H,22,27)/t19-/m0/s1. The number of urea groups is 1. The zero-order chi connectivity index (χ0) is 18.8. The number of amides is 2. The van der Waals surface area contributed by atoms with Crippen molar-refractivity contribution in [3.63, 3.8) is 0 Å². The molecule has 2 fully saturated rings. The van der Waals surface area contributed by atoms with E-state index in [2.05, 4.69) is 58.6 Å². The second-order valence-corrected chi connectivity index (χ2v) is 7.86. The van der Waals surface area contributed by atoms with Crippen molar-refractivity contribution in [2.75, 3.05) is 39.3 Å². The molecule has 0 unspecified atom stereocenters. The average Bonchev–Trinajstić information content (AvgIpc) is 3.21. The number of carbonyl (C=O) groups is 1. The number of rotatable bonds is 5. The number of aryl methyl sites for hydroxylation is 2. The lowest BCUT2D eigenvalue weighted by atomic mass is 9.99. The van der Waals surface area contributed by atoms with Gasteiger partial charge in [0.2, 0.25) is 0 Å². The molecule has 2 aliphatic rings. The van der Waals surface area contributed by atoms with Crippen LogP contribution in [0.15, 0.2) is 36.4 Å². The molecule has 0 saturated carbocycles. The van der Waals surface area contributed by atoms with Gasteiger partial charge in [-0.25, -0.2) is 4.79 Å². The van der Waals surface area contributed by atoms with E-state index in [1.165, 1.54) is 17.7 Å². The fourth-order valence-corrected chi connectivity index (χ4v) is 4.26. The number of likely N-dealkylation sites (tertiary alicyclic amines) is 2. The van der Waals surface area contributed by atoms with Crippen molar-refractivity contribution < 1.29 is 4.79 Å². The van der Waals surface area contributed by atoms with E-state index in [0.29, 0.717) is 18.5 Å². The van der Waals surface area contributed by atoms with Gasteiger partial charge in [-0.15, -0.1) is 0 Å². The monoisotopic (exact) mass is 367 g/mol. The van der Waals surface area contributed by atoms with E-state index in [1.807, 2.05) is 16.5 Å². The van der Waals surface area contributed by atoms with Crippen LogP contribution in [0.1, 0.15) is 35.3 Å². The van der Waals surface area contributed by atoms with Crippen LogP contribution in [0.2, 0.25) is 0 Å². The molecule has 6 nitrogen and oxygen atoms in total. The molecule has 144 valence electrons. The summed E-state index contributed by atoms with van der Waals surface area (Å²) in [6.07, 6.45) is 1.20. The minimum atomic E-state index is 0.0478. The number of aromatic nitrogens is 2. The van der Waals surface area contributed by atoms with Crippen molar-refractivity contribution in [3.8, 4) is 0 Å². The Balaban J connectivity index is 1.16. The van der Waals surface area contributed by atoms with E-state index in [-0.39, 0.29) is 6.03 Å². The molecule has 1 aromatic heterocycles. The number of carbonyl (C=O) groups excluding carboxylic acids is 1. The Morgan fingerprint density at radius 2 is 1.96 bits per heavy atom. The number of benzene rings is 1. The van der Waals surface area contributed by atoms with Crippen LogP contribution in [0.5, 0.6) is 0 Å². The second-order valence-electron chi connectivity index (χ2n) is 7.86. The first kappa shape index (κ1) is 18.0. The Bertz CT molecular complexity index is 781. The minimum absolute atomic E-state index is 0.0478. The first-order valence-electron chi connectivity index (χ1n) is 9.93. The number of nitrogens with zero attached hydrogens (tertiary/aromatic N) is 4. The Hall–Kier alpha value is -2.34. The summed E-state index contributed by atoms with van der Waals surface area (Å²) >= 11 is 0. The lowest BCUT2D eigenvalue weighted by Crippen LogP contribution is -2.55. The molecule has 1 N–H and O–H groups in total. The van der Waals surface area contributed by atoms with Gasteiger partial charge in [0.25, 0.3) is 0 Å². The number of hydrogen-bond donors (Lipinski definition) is 1. The fraction of sp³-hybridized carbons (Fsp3) is 0.524. The van der Waals surface area contributed by atoms with Crippen molar-refractivity contribution in [1.82, 2.24) is 24.9 Å². The quantitative estimate of drug-likeness (QED) is 0.884. The molecule has 2 aromatic rings. The molecular weight excluding hydrogens is 338 g/mol. The predicted molar refractivity (Wildman–Crippen MR) is 106 cm³/mol. The maximum absolute atomic E-state index is 12.3. The summed E-state index contributed by atoms with van der Waals surface area (Å²) in [7, 11) is 0. The molecule has 2 amide bonds. The third-order valence-electron chi connectivity index (χ3n) is 5.79. The maximum Gasteiger partial charge on any atom is 0.317 e. The van der Waals surface area contributed by atoms with E-state index in [0.717, 1.165) is 38.4 Å². The van der Waals surface area contributed by atoms with Gasteiger partial charge >= 0.3 is 6.03 Å². The van der Waals surface area contributed by atoms with Crippen LogP contribution < -0.4 is 5.32 Å². The zero-order valence-corrected chi connectivity index (χ0v) is 16.3. The van der Waals surface area contributed by atoms with Crippen molar-refractivity contribution in [2.24, 2.45) is 0 Å². The summed E-state index contributed by atoms with van der Waals surface area (Å²) in [6, 6.07) is 13.2. The van der Waals surface area contributed by atoms with E-state index >= 15 is 0 Å². The highest BCUT2D eigenvalue weighted by atomic mass is 16.2. The van der Waals surface area contributed by atoms with E-state index in [4.69, 9.17) is 0 Å². The molecule has 0 aliphatic carbocycles. The summed E-state index contributed by atoms with van der Waals surface area (Å²) in [5.74, 6) is 0.624. The third kappa shape index (κ3) is 4.00.